The summed E-state index contributed by atoms with van der Waals surface area (Å²) < 4.78 is 4.15. The van der Waals surface area contributed by atoms with E-state index in [2.05, 4.69) is 46.9 Å². The minimum Gasteiger partial charge on any atom is -0.335 e. The molecule has 2 aromatic heterocycles. The Morgan fingerprint density at radius 2 is 2.10 bits per heavy atom. The molecule has 0 spiro atoms. The van der Waals surface area contributed by atoms with E-state index >= 15 is 0 Å². The number of hydrazine groups is 1. The third-order valence-corrected chi connectivity index (χ3v) is 3.61. The van der Waals surface area contributed by atoms with Gasteiger partial charge in [0.1, 0.15) is 5.82 Å². The van der Waals surface area contributed by atoms with Gasteiger partial charge in [-0.05, 0) is 26.3 Å². The van der Waals surface area contributed by atoms with Crippen molar-refractivity contribution >= 4 is 0 Å². The summed E-state index contributed by atoms with van der Waals surface area (Å²) in [7, 11) is 0. The van der Waals surface area contributed by atoms with E-state index in [9.17, 15) is 0 Å². The van der Waals surface area contributed by atoms with Crippen LogP contribution < -0.4 is 11.3 Å². The van der Waals surface area contributed by atoms with Crippen LogP contribution in [0.3, 0.4) is 0 Å². The highest BCUT2D eigenvalue weighted by Gasteiger charge is 2.18. The molecule has 0 aliphatic rings. The number of hydrogen-bond donors (Lipinski definition) is 2. The molecular formula is C14H24N6. The van der Waals surface area contributed by atoms with Gasteiger partial charge in [0.15, 0.2) is 0 Å². The Bertz CT molecular complexity index is 542. The maximum atomic E-state index is 5.76. The largest absolute Gasteiger partial charge is 0.335 e. The predicted molar refractivity (Wildman–Crippen MR) is 78.9 cm³/mol. The molecule has 20 heavy (non-hydrogen) atoms. The van der Waals surface area contributed by atoms with Crippen molar-refractivity contribution < 1.29 is 0 Å². The van der Waals surface area contributed by atoms with Crippen LogP contribution in [0.2, 0.25) is 0 Å². The minimum atomic E-state index is 0.0236. The molecule has 0 fully saturated rings. The van der Waals surface area contributed by atoms with Crippen LogP contribution in [0.15, 0.2) is 18.5 Å². The lowest BCUT2D eigenvalue weighted by atomic mass is 10.1. The topological polar surface area (TPSA) is 73.7 Å². The van der Waals surface area contributed by atoms with Crippen molar-refractivity contribution in [1.82, 2.24) is 24.8 Å². The molecule has 6 nitrogen and oxygen atoms in total. The monoisotopic (exact) mass is 276 g/mol. The summed E-state index contributed by atoms with van der Waals surface area (Å²) >= 11 is 0. The number of nitrogens with zero attached hydrogens (tertiary/aromatic N) is 4. The molecule has 2 heterocycles. The quantitative estimate of drug-likeness (QED) is 0.592. The lowest BCUT2D eigenvalue weighted by Crippen LogP contribution is -2.32. The van der Waals surface area contributed by atoms with Gasteiger partial charge in [0, 0.05) is 31.9 Å². The molecule has 0 radical (unpaired) electrons. The van der Waals surface area contributed by atoms with Crippen LogP contribution in [0.25, 0.3) is 0 Å². The molecule has 6 heteroatoms. The van der Waals surface area contributed by atoms with Crippen LogP contribution in [0.5, 0.6) is 0 Å². The molecular weight excluding hydrogens is 252 g/mol. The van der Waals surface area contributed by atoms with Gasteiger partial charge >= 0.3 is 0 Å². The van der Waals surface area contributed by atoms with Crippen LogP contribution in [0.1, 0.15) is 44.0 Å². The zero-order valence-corrected chi connectivity index (χ0v) is 12.5. The van der Waals surface area contributed by atoms with Gasteiger partial charge in [-0.15, -0.1) is 0 Å². The highest BCUT2D eigenvalue weighted by Crippen LogP contribution is 2.19. The van der Waals surface area contributed by atoms with Gasteiger partial charge in [-0.25, -0.2) is 4.98 Å². The molecule has 0 aliphatic heterocycles. The minimum absolute atomic E-state index is 0.0236. The lowest BCUT2D eigenvalue weighted by molar-refractivity contribution is 0.474. The van der Waals surface area contributed by atoms with Crippen molar-refractivity contribution in [3.8, 4) is 0 Å². The van der Waals surface area contributed by atoms with Crippen LogP contribution in [-0.4, -0.2) is 19.3 Å². The second kappa shape index (κ2) is 6.67. The summed E-state index contributed by atoms with van der Waals surface area (Å²) in [6.07, 6.45) is 5.52. The molecule has 110 valence electrons. The molecule has 2 rings (SSSR count). The number of nitrogens with one attached hydrogen (secondary N) is 1. The number of rotatable bonds is 7. The fourth-order valence-electron chi connectivity index (χ4n) is 2.44. The standard InChI is InChI=1S/C14H24N6/c1-4-11-9-13(20(6-3)18-11)12(17-15)10-14-16-7-8-19(14)5-2/h7-9,12,17H,4-6,10,15H2,1-3H3. The zero-order chi connectivity index (χ0) is 14.5. The maximum absolute atomic E-state index is 5.76. The van der Waals surface area contributed by atoms with E-state index in [0.717, 1.165) is 43.1 Å². The summed E-state index contributed by atoms with van der Waals surface area (Å²) in [5, 5.41) is 4.58. The fourth-order valence-corrected chi connectivity index (χ4v) is 2.44. The summed E-state index contributed by atoms with van der Waals surface area (Å²) in [5.74, 6) is 6.80. The molecule has 1 atom stereocenters. The average molecular weight is 276 g/mol. The summed E-state index contributed by atoms with van der Waals surface area (Å²) in [5.41, 5.74) is 5.13. The highest BCUT2D eigenvalue weighted by atomic mass is 15.3. The van der Waals surface area contributed by atoms with E-state index in [1.807, 2.05) is 17.1 Å². The molecule has 3 N–H and O–H groups in total. The SMILES string of the molecule is CCc1cc(C(Cc2nccn2CC)NN)n(CC)n1. The lowest BCUT2D eigenvalue weighted by Gasteiger charge is -2.17. The molecule has 0 saturated carbocycles. The van der Waals surface area contributed by atoms with Gasteiger partial charge in [0.25, 0.3) is 0 Å². The van der Waals surface area contributed by atoms with Crippen molar-refractivity contribution in [3.63, 3.8) is 0 Å². The summed E-state index contributed by atoms with van der Waals surface area (Å²) in [6.45, 7) is 8.08. The van der Waals surface area contributed by atoms with E-state index in [1.165, 1.54) is 0 Å². The van der Waals surface area contributed by atoms with E-state index in [-0.39, 0.29) is 6.04 Å². The van der Waals surface area contributed by atoms with Crippen LogP contribution in [-0.2, 0) is 25.9 Å². The van der Waals surface area contributed by atoms with Gasteiger partial charge in [0.2, 0.25) is 0 Å². The molecule has 0 aromatic carbocycles. The Hall–Kier alpha value is -1.66. The van der Waals surface area contributed by atoms with Gasteiger partial charge in [0.05, 0.1) is 17.4 Å². The first-order valence-corrected chi connectivity index (χ1v) is 7.26. The Morgan fingerprint density at radius 3 is 2.70 bits per heavy atom. The van der Waals surface area contributed by atoms with Crippen molar-refractivity contribution in [1.29, 1.82) is 0 Å². The second-order valence-corrected chi connectivity index (χ2v) is 4.78. The smallest absolute Gasteiger partial charge is 0.110 e. The average Bonchev–Trinajstić information content (AvgIpc) is 3.10. The molecule has 0 saturated heterocycles. The Labute approximate surface area is 120 Å². The molecule has 0 amide bonds. The third kappa shape index (κ3) is 2.91. The van der Waals surface area contributed by atoms with Gasteiger partial charge in [-0.3, -0.25) is 16.0 Å². The van der Waals surface area contributed by atoms with Crippen molar-refractivity contribution in [2.45, 2.75) is 52.7 Å². The van der Waals surface area contributed by atoms with Gasteiger partial charge in [-0.2, -0.15) is 5.10 Å². The number of nitrogens with two attached hydrogens (primary N) is 1. The summed E-state index contributed by atoms with van der Waals surface area (Å²) in [4.78, 5) is 4.42. The Balaban J connectivity index is 2.26. The zero-order valence-electron chi connectivity index (χ0n) is 12.5. The van der Waals surface area contributed by atoms with Crippen LogP contribution in [0.4, 0.5) is 0 Å². The maximum Gasteiger partial charge on any atom is 0.110 e. The molecule has 2 aromatic rings. The van der Waals surface area contributed by atoms with Crippen LogP contribution >= 0.6 is 0 Å². The number of aromatic nitrogens is 4. The first kappa shape index (κ1) is 14.7. The van der Waals surface area contributed by atoms with Crippen LogP contribution in [0, 0.1) is 0 Å². The van der Waals surface area contributed by atoms with E-state index in [0.29, 0.717) is 0 Å². The van der Waals surface area contributed by atoms with E-state index < -0.39 is 0 Å². The van der Waals surface area contributed by atoms with Gasteiger partial charge < -0.3 is 4.57 Å². The number of hydrogen-bond acceptors (Lipinski definition) is 4. The molecule has 1 unspecified atom stereocenters. The number of aryl methyl sites for hydroxylation is 3. The van der Waals surface area contributed by atoms with E-state index in [4.69, 9.17) is 5.84 Å². The van der Waals surface area contributed by atoms with Crippen molar-refractivity contribution in [2.24, 2.45) is 5.84 Å². The first-order valence-electron chi connectivity index (χ1n) is 7.26. The molecule has 0 aliphatic carbocycles. The normalized spacial score (nSPS) is 12.8. The second-order valence-electron chi connectivity index (χ2n) is 4.78. The first-order chi connectivity index (χ1) is 9.73. The third-order valence-electron chi connectivity index (χ3n) is 3.61. The van der Waals surface area contributed by atoms with Crippen molar-refractivity contribution in [3.05, 3.63) is 35.7 Å². The summed E-state index contributed by atoms with van der Waals surface area (Å²) in [6, 6.07) is 2.16. The Kier molecular flexibility index (Phi) is 4.92. The highest BCUT2D eigenvalue weighted by molar-refractivity contribution is 5.16. The van der Waals surface area contributed by atoms with Gasteiger partial charge in [-0.1, -0.05) is 6.92 Å². The van der Waals surface area contributed by atoms with E-state index in [1.54, 1.807) is 0 Å². The predicted octanol–water partition coefficient (Wildman–Crippen LogP) is 1.43. The molecule has 0 bridgehead atoms. The fraction of sp³-hybridized carbons (Fsp3) is 0.571. The Morgan fingerprint density at radius 1 is 1.30 bits per heavy atom. The van der Waals surface area contributed by atoms with Crippen molar-refractivity contribution in [2.75, 3.05) is 0 Å². The number of imidazole rings is 1.